The molecule has 0 aromatic heterocycles. The molecule has 20 heavy (non-hydrogen) atoms. The minimum atomic E-state index is -0.0340. The lowest BCUT2D eigenvalue weighted by Gasteiger charge is -2.08. The molecule has 0 radical (unpaired) electrons. The number of methoxy groups -OCH3 is 2. The van der Waals surface area contributed by atoms with Gasteiger partial charge in [0, 0.05) is 12.1 Å². The molecule has 0 unspecified atom stereocenters. The summed E-state index contributed by atoms with van der Waals surface area (Å²) in [4.78, 5) is 11.9. The third-order valence-corrected chi connectivity index (χ3v) is 2.96. The molecule has 1 N–H and O–H groups in total. The minimum absolute atomic E-state index is 0.0340. The molecule has 0 aliphatic rings. The van der Waals surface area contributed by atoms with Crippen LogP contribution in [0.2, 0.25) is 0 Å². The van der Waals surface area contributed by atoms with E-state index in [0.717, 1.165) is 18.4 Å². The van der Waals surface area contributed by atoms with Gasteiger partial charge in [-0.15, -0.1) is 0 Å². The van der Waals surface area contributed by atoms with Crippen LogP contribution in [0.4, 0.5) is 0 Å². The number of carbonyl (C=O) groups is 1. The largest absolute Gasteiger partial charge is 0.493 e. The molecule has 0 spiro atoms. The summed E-state index contributed by atoms with van der Waals surface area (Å²) in [5, 5.41) is 2.89. The number of carbonyl (C=O) groups excluding carboxylic acids is 1. The first-order valence-electron chi connectivity index (χ1n) is 6.80. The van der Waals surface area contributed by atoms with Crippen LogP contribution in [0.3, 0.4) is 0 Å². The Morgan fingerprint density at radius 3 is 2.55 bits per heavy atom. The van der Waals surface area contributed by atoms with E-state index in [0.29, 0.717) is 23.6 Å². The number of hydrogen-bond donors (Lipinski definition) is 1. The predicted octanol–water partition coefficient (Wildman–Crippen LogP) is 3.02. The molecule has 0 aliphatic carbocycles. The summed E-state index contributed by atoms with van der Waals surface area (Å²) in [6.45, 7) is 4.61. The van der Waals surface area contributed by atoms with Crippen molar-refractivity contribution in [1.82, 2.24) is 5.32 Å². The predicted molar refractivity (Wildman–Crippen MR) is 81.1 cm³/mol. The summed E-state index contributed by atoms with van der Waals surface area (Å²) in [5.41, 5.74) is 1.58. The highest BCUT2D eigenvalue weighted by molar-refractivity contribution is 5.97. The number of rotatable bonds is 7. The molecule has 0 atom stereocenters. The van der Waals surface area contributed by atoms with Gasteiger partial charge in [-0.3, -0.25) is 4.79 Å². The lowest BCUT2D eigenvalue weighted by molar-refractivity contribution is -0.117. The Bertz CT molecular complexity index is 481. The highest BCUT2D eigenvalue weighted by Gasteiger charge is 2.06. The van der Waals surface area contributed by atoms with Crippen LogP contribution in [-0.2, 0) is 4.79 Å². The molecule has 0 aliphatic heterocycles. The van der Waals surface area contributed by atoms with Crippen molar-refractivity contribution >= 4 is 12.0 Å². The smallest absolute Gasteiger partial charge is 0.246 e. The van der Waals surface area contributed by atoms with Crippen LogP contribution < -0.4 is 14.8 Å². The number of amides is 1. The number of hydrogen-bond acceptors (Lipinski definition) is 3. The van der Waals surface area contributed by atoms with E-state index in [1.165, 1.54) is 0 Å². The Morgan fingerprint density at radius 2 is 1.95 bits per heavy atom. The molecule has 0 saturated heterocycles. The molecule has 1 aromatic rings. The Kier molecular flexibility index (Phi) is 6.64. The van der Waals surface area contributed by atoms with Gasteiger partial charge >= 0.3 is 0 Å². The maximum absolute atomic E-state index is 11.9. The molecule has 4 nitrogen and oxygen atoms in total. The fraction of sp³-hybridized carbons (Fsp3) is 0.438. The summed E-state index contributed by atoms with van der Waals surface area (Å²) in [5.74, 6) is 1.29. The first-order chi connectivity index (χ1) is 9.62. The van der Waals surface area contributed by atoms with E-state index in [1.807, 2.05) is 24.3 Å². The second kappa shape index (κ2) is 8.25. The van der Waals surface area contributed by atoms with Crippen LogP contribution in [0.5, 0.6) is 11.5 Å². The normalized spacial score (nSPS) is 11.1. The van der Waals surface area contributed by atoms with Gasteiger partial charge in [0.2, 0.25) is 5.91 Å². The van der Waals surface area contributed by atoms with Gasteiger partial charge in [-0.2, -0.15) is 0 Å². The van der Waals surface area contributed by atoms with Crippen LogP contribution in [0.15, 0.2) is 23.8 Å². The molecular formula is C16H23NO3. The summed E-state index contributed by atoms with van der Waals surface area (Å²) >= 11 is 0. The van der Waals surface area contributed by atoms with E-state index in [1.54, 1.807) is 21.1 Å². The fourth-order valence-electron chi connectivity index (χ4n) is 1.78. The number of benzene rings is 1. The van der Waals surface area contributed by atoms with E-state index < -0.39 is 0 Å². The monoisotopic (exact) mass is 277 g/mol. The van der Waals surface area contributed by atoms with Crippen LogP contribution in [0.25, 0.3) is 6.08 Å². The number of ether oxygens (including phenoxy) is 2. The van der Waals surface area contributed by atoms with E-state index in [-0.39, 0.29) is 5.91 Å². The van der Waals surface area contributed by atoms with Gasteiger partial charge in [-0.25, -0.2) is 0 Å². The molecule has 4 heteroatoms. The lowest BCUT2D eigenvalue weighted by Crippen LogP contribution is -2.24. The zero-order valence-corrected chi connectivity index (χ0v) is 12.7. The van der Waals surface area contributed by atoms with Gasteiger partial charge in [0.15, 0.2) is 11.5 Å². The molecule has 0 saturated carbocycles. The highest BCUT2D eigenvalue weighted by atomic mass is 16.5. The Morgan fingerprint density at radius 1 is 1.25 bits per heavy atom. The van der Waals surface area contributed by atoms with Gasteiger partial charge in [0.1, 0.15) is 0 Å². The highest BCUT2D eigenvalue weighted by Crippen LogP contribution is 2.28. The standard InChI is InChI=1S/C16H23NO3/c1-5-6-9-17-16(18)12(2)10-13-7-8-14(19-3)15(11-13)20-4/h7-8,10-11H,5-6,9H2,1-4H3,(H,17,18)/b12-10+. The van der Waals surface area contributed by atoms with E-state index in [9.17, 15) is 4.79 Å². The topological polar surface area (TPSA) is 47.6 Å². The molecular weight excluding hydrogens is 254 g/mol. The van der Waals surface area contributed by atoms with E-state index in [4.69, 9.17) is 9.47 Å². The maximum atomic E-state index is 11.9. The Labute approximate surface area is 120 Å². The third-order valence-electron chi connectivity index (χ3n) is 2.96. The van der Waals surface area contributed by atoms with Gasteiger partial charge < -0.3 is 14.8 Å². The van der Waals surface area contributed by atoms with Crippen LogP contribution in [0.1, 0.15) is 32.3 Å². The van der Waals surface area contributed by atoms with Crippen LogP contribution in [-0.4, -0.2) is 26.7 Å². The average Bonchev–Trinajstić information content (AvgIpc) is 2.47. The van der Waals surface area contributed by atoms with Crippen molar-refractivity contribution in [1.29, 1.82) is 0 Å². The van der Waals surface area contributed by atoms with Gasteiger partial charge in [0.25, 0.3) is 0 Å². The molecule has 0 bridgehead atoms. The van der Waals surface area contributed by atoms with Crippen molar-refractivity contribution in [2.75, 3.05) is 20.8 Å². The van der Waals surface area contributed by atoms with Crippen molar-refractivity contribution in [3.05, 3.63) is 29.3 Å². The van der Waals surface area contributed by atoms with Crippen molar-refractivity contribution in [3.63, 3.8) is 0 Å². The Hall–Kier alpha value is -1.97. The summed E-state index contributed by atoms with van der Waals surface area (Å²) in [6, 6.07) is 5.57. The van der Waals surface area contributed by atoms with Crippen molar-refractivity contribution in [3.8, 4) is 11.5 Å². The van der Waals surface area contributed by atoms with E-state index in [2.05, 4.69) is 12.2 Å². The summed E-state index contributed by atoms with van der Waals surface area (Å²) < 4.78 is 10.4. The SMILES string of the molecule is CCCCNC(=O)/C(C)=C/c1ccc(OC)c(OC)c1. The Balaban J connectivity index is 2.79. The number of nitrogens with one attached hydrogen (secondary N) is 1. The average molecular weight is 277 g/mol. The second-order valence-corrected chi connectivity index (χ2v) is 4.55. The second-order valence-electron chi connectivity index (χ2n) is 4.55. The minimum Gasteiger partial charge on any atom is -0.493 e. The third kappa shape index (κ3) is 4.61. The van der Waals surface area contributed by atoms with Crippen LogP contribution in [0, 0.1) is 0 Å². The molecule has 0 heterocycles. The quantitative estimate of drug-likeness (QED) is 0.615. The molecule has 1 amide bonds. The van der Waals surface area contributed by atoms with Gasteiger partial charge in [0.05, 0.1) is 14.2 Å². The molecule has 110 valence electrons. The van der Waals surface area contributed by atoms with Crippen molar-refractivity contribution in [2.24, 2.45) is 0 Å². The summed E-state index contributed by atoms with van der Waals surface area (Å²) in [6.07, 6.45) is 3.90. The zero-order valence-electron chi connectivity index (χ0n) is 12.7. The van der Waals surface area contributed by atoms with Crippen molar-refractivity contribution in [2.45, 2.75) is 26.7 Å². The van der Waals surface area contributed by atoms with Gasteiger partial charge in [-0.05, 0) is 37.1 Å². The zero-order chi connectivity index (χ0) is 15.0. The lowest BCUT2D eigenvalue weighted by atomic mass is 10.1. The first kappa shape index (κ1) is 16.1. The first-order valence-corrected chi connectivity index (χ1v) is 6.80. The maximum Gasteiger partial charge on any atom is 0.246 e. The summed E-state index contributed by atoms with van der Waals surface area (Å²) in [7, 11) is 3.19. The molecule has 1 rings (SSSR count). The fourth-order valence-corrected chi connectivity index (χ4v) is 1.78. The van der Waals surface area contributed by atoms with E-state index >= 15 is 0 Å². The van der Waals surface area contributed by atoms with Gasteiger partial charge in [-0.1, -0.05) is 19.4 Å². The van der Waals surface area contributed by atoms with Crippen LogP contribution >= 0.6 is 0 Å². The number of unbranched alkanes of at least 4 members (excludes halogenated alkanes) is 1. The molecule has 1 aromatic carbocycles. The van der Waals surface area contributed by atoms with Crippen molar-refractivity contribution < 1.29 is 14.3 Å². The molecule has 0 fully saturated rings.